The van der Waals surface area contributed by atoms with E-state index in [0.717, 1.165) is 25.0 Å². The van der Waals surface area contributed by atoms with Crippen molar-refractivity contribution in [3.63, 3.8) is 0 Å². The van der Waals surface area contributed by atoms with Crippen LogP contribution in [0.4, 0.5) is 0 Å². The van der Waals surface area contributed by atoms with Crippen LogP contribution in [0.25, 0.3) is 0 Å². The number of hydrogen-bond donors (Lipinski definition) is 0. The van der Waals surface area contributed by atoms with E-state index in [-0.39, 0.29) is 30.0 Å². The second-order valence-electron chi connectivity index (χ2n) is 7.28. The fourth-order valence-corrected chi connectivity index (χ4v) is 5.46. The quantitative estimate of drug-likeness (QED) is 0.492. The molecule has 8 heteroatoms. The van der Waals surface area contributed by atoms with Gasteiger partial charge in [0.2, 0.25) is 0 Å². The van der Waals surface area contributed by atoms with Crippen LogP contribution < -0.4 is 4.74 Å². The fourth-order valence-electron chi connectivity index (χ4n) is 3.39. The minimum Gasteiger partial charge on any atom is -0.494 e. The number of furan rings is 1. The molecule has 2 heterocycles. The number of benzene rings is 1. The van der Waals surface area contributed by atoms with Gasteiger partial charge in [0.15, 0.2) is 14.5 Å². The van der Waals surface area contributed by atoms with Gasteiger partial charge in [0.05, 0.1) is 24.7 Å². The summed E-state index contributed by atoms with van der Waals surface area (Å²) in [5.74, 6) is 1.21. The lowest BCUT2D eigenvalue weighted by Gasteiger charge is -2.27. The number of amides is 1. The molecule has 1 aliphatic heterocycles. The first-order chi connectivity index (χ1) is 13.9. The summed E-state index contributed by atoms with van der Waals surface area (Å²) in [6.45, 7) is 3.02. The Morgan fingerprint density at radius 1 is 1.21 bits per heavy atom. The van der Waals surface area contributed by atoms with Crippen molar-refractivity contribution in [3.05, 3.63) is 52.4 Å². The molecule has 0 bridgehead atoms. The minimum absolute atomic E-state index is 0.0146. The third kappa shape index (κ3) is 6.09. The summed E-state index contributed by atoms with van der Waals surface area (Å²) in [6.07, 6.45) is 3.70. The van der Waals surface area contributed by atoms with E-state index in [1.54, 1.807) is 41.3 Å². The normalized spacial score (nSPS) is 17.9. The predicted octanol–water partition coefficient (Wildman–Crippen LogP) is 4.44. The SMILES string of the molecule is CCCCCOc1ccc(C(=O)N(Cc2ccc(Br)o2)C2CCS(=O)(=O)C2)cc1. The van der Waals surface area contributed by atoms with Crippen LogP contribution in [0.2, 0.25) is 0 Å². The summed E-state index contributed by atoms with van der Waals surface area (Å²) in [4.78, 5) is 14.8. The van der Waals surface area contributed by atoms with Gasteiger partial charge in [-0.3, -0.25) is 4.79 Å². The molecule has 1 aromatic carbocycles. The number of halogens is 1. The van der Waals surface area contributed by atoms with Crippen molar-refractivity contribution in [1.82, 2.24) is 4.90 Å². The predicted molar refractivity (Wildman–Crippen MR) is 115 cm³/mol. The zero-order valence-electron chi connectivity index (χ0n) is 16.5. The first-order valence-corrected chi connectivity index (χ1v) is 12.5. The van der Waals surface area contributed by atoms with E-state index in [9.17, 15) is 13.2 Å². The molecule has 29 heavy (non-hydrogen) atoms. The molecule has 158 valence electrons. The monoisotopic (exact) mass is 483 g/mol. The van der Waals surface area contributed by atoms with E-state index in [1.165, 1.54) is 0 Å². The maximum Gasteiger partial charge on any atom is 0.254 e. The Bertz CT molecular complexity index is 923. The van der Waals surface area contributed by atoms with Crippen molar-refractivity contribution in [2.45, 2.75) is 45.2 Å². The minimum atomic E-state index is -3.12. The molecule has 1 amide bonds. The highest BCUT2D eigenvalue weighted by Gasteiger charge is 2.35. The molecule has 0 radical (unpaired) electrons. The smallest absolute Gasteiger partial charge is 0.254 e. The number of rotatable bonds is 9. The van der Waals surface area contributed by atoms with Gasteiger partial charge < -0.3 is 14.1 Å². The first kappa shape index (κ1) is 21.9. The average molecular weight is 484 g/mol. The summed E-state index contributed by atoms with van der Waals surface area (Å²) >= 11 is 3.26. The Morgan fingerprint density at radius 3 is 2.55 bits per heavy atom. The Kier molecular flexibility index (Phi) is 7.40. The lowest BCUT2D eigenvalue weighted by atomic mass is 10.1. The third-order valence-corrected chi connectivity index (χ3v) is 7.16. The molecule has 0 saturated carbocycles. The van der Waals surface area contributed by atoms with E-state index in [1.807, 2.05) is 0 Å². The summed E-state index contributed by atoms with van der Waals surface area (Å²) < 4.78 is 35.8. The van der Waals surface area contributed by atoms with Crippen LogP contribution in [0, 0.1) is 0 Å². The maximum absolute atomic E-state index is 13.2. The van der Waals surface area contributed by atoms with Gasteiger partial charge in [0.1, 0.15) is 11.5 Å². The van der Waals surface area contributed by atoms with E-state index in [4.69, 9.17) is 9.15 Å². The molecule has 0 spiro atoms. The van der Waals surface area contributed by atoms with Crippen LogP contribution in [0.15, 0.2) is 45.5 Å². The second kappa shape index (κ2) is 9.80. The van der Waals surface area contributed by atoms with Crippen molar-refractivity contribution >= 4 is 31.7 Å². The van der Waals surface area contributed by atoms with Crippen LogP contribution in [0.5, 0.6) is 5.75 Å². The Balaban J connectivity index is 1.73. The molecule has 6 nitrogen and oxygen atoms in total. The number of nitrogens with zero attached hydrogens (tertiary/aromatic N) is 1. The number of sulfone groups is 1. The van der Waals surface area contributed by atoms with Gasteiger partial charge in [-0.05, 0) is 65.2 Å². The van der Waals surface area contributed by atoms with Gasteiger partial charge in [-0.2, -0.15) is 0 Å². The van der Waals surface area contributed by atoms with Gasteiger partial charge in [-0.15, -0.1) is 0 Å². The Hall–Kier alpha value is -1.80. The molecule has 2 aromatic rings. The molecule has 1 atom stereocenters. The van der Waals surface area contributed by atoms with Crippen molar-refractivity contribution in [2.24, 2.45) is 0 Å². The molecular formula is C21H26BrNO5S. The third-order valence-electron chi connectivity index (χ3n) is 4.98. The van der Waals surface area contributed by atoms with Gasteiger partial charge in [-0.1, -0.05) is 19.8 Å². The van der Waals surface area contributed by atoms with Gasteiger partial charge in [0, 0.05) is 11.6 Å². The van der Waals surface area contributed by atoms with Crippen LogP contribution in [0.3, 0.4) is 0 Å². The lowest BCUT2D eigenvalue weighted by Crippen LogP contribution is -2.40. The van der Waals surface area contributed by atoms with Crippen molar-refractivity contribution in [2.75, 3.05) is 18.1 Å². The number of unbranched alkanes of at least 4 members (excludes halogenated alkanes) is 2. The van der Waals surface area contributed by atoms with Gasteiger partial charge in [0.25, 0.3) is 5.91 Å². The Morgan fingerprint density at radius 2 is 1.97 bits per heavy atom. The zero-order chi connectivity index (χ0) is 20.9. The Labute approximate surface area is 180 Å². The molecule has 3 rings (SSSR count). The highest BCUT2D eigenvalue weighted by Crippen LogP contribution is 2.25. The van der Waals surface area contributed by atoms with Crippen LogP contribution in [-0.2, 0) is 16.4 Å². The highest BCUT2D eigenvalue weighted by molar-refractivity contribution is 9.10. The summed E-state index contributed by atoms with van der Waals surface area (Å²) in [5.41, 5.74) is 0.501. The standard InChI is InChI=1S/C21H26BrNO5S/c1-2-3-4-12-27-18-7-5-16(6-8-18)21(24)23(14-19-9-10-20(22)28-19)17-11-13-29(25,26)15-17/h5-10,17H,2-4,11-15H2,1H3. The highest BCUT2D eigenvalue weighted by atomic mass is 79.9. The molecule has 0 aliphatic carbocycles. The maximum atomic E-state index is 13.2. The topological polar surface area (TPSA) is 76.8 Å². The fraction of sp³-hybridized carbons (Fsp3) is 0.476. The van der Waals surface area contributed by atoms with Crippen LogP contribution in [-0.4, -0.2) is 43.4 Å². The van der Waals surface area contributed by atoms with Gasteiger partial charge in [-0.25, -0.2) is 8.42 Å². The molecule has 0 N–H and O–H groups in total. The second-order valence-corrected chi connectivity index (χ2v) is 10.3. The zero-order valence-corrected chi connectivity index (χ0v) is 18.9. The number of ether oxygens (including phenoxy) is 1. The lowest BCUT2D eigenvalue weighted by molar-refractivity contribution is 0.0665. The van der Waals surface area contributed by atoms with E-state index < -0.39 is 9.84 Å². The molecule has 1 aliphatic rings. The van der Waals surface area contributed by atoms with Gasteiger partial charge >= 0.3 is 0 Å². The van der Waals surface area contributed by atoms with Crippen molar-refractivity contribution in [3.8, 4) is 5.75 Å². The largest absolute Gasteiger partial charge is 0.494 e. The first-order valence-electron chi connectivity index (χ1n) is 9.86. The van der Waals surface area contributed by atoms with Crippen LogP contribution >= 0.6 is 15.9 Å². The summed E-state index contributed by atoms with van der Waals surface area (Å²) in [6, 6.07) is 10.2. The summed E-state index contributed by atoms with van der Waals surface area (Å²) in [5, 5.41) is 0. The average Bonchev–Trinajstić information content (AvgIpc) is 3.27. The number of carbonyl (C=O) groups is 1. The molecule has 1 unspecified atom stereocenters. The molecule has 1 saturated heterocycles. The number of hydrogen-bond acceptors (Lipinski definition) is 5. The van der Waals surface area contributed by atoms with E-state index >= 15 is 0 Å². The van der Waals surface area contributed by atoms with Crippen molar-refractivity contribution < 1.29 is 22.4 Å². The van der Waals surface area contributed by atoms with Crippen LogP contribution in [0.1, 0.15) is 48.7 Å². The van der Waals surface area contributed by atoms with E-state index in [0.29, 0.717) is 29.0 Å². The molecule has 1 aromatic heterocycles. The molecule has 1 fully saturated rings. The number of carbonyl (C=O) groups excluding carboxylic acids is 1. The molecular weight excluding hydrogens is 458 g/mol. The van der Waals surface area contributed by atoms with E-state index in [2.05, 4.69) is 22.9 Å². The van der Waals surface area contributed by atoms with Crippen molar-refractivity contribution in [1.29, 1.82) is 0 Å². The summed E-state index contributed by atoms with van der Waals surface area (Å²) in [7, 11) is -3.12.